The Morgan fingerprint density at radius 2 is 1.75 bits per heavy atom. The fraction of sp³-hybridized carbons (Fsp3) is 0.0588. The first-order valence-electron chi connectivity index (χ1n) is 7.07. The summed E-state index contributed by atoms with van der Waals surface area (Å²) in [5, 5.41) is 16.3. The van der Waals surface area contributed by atoms with Gasteiger partial charge in [-0.1, -0.05) is 15.9 Å². The molecule has 0 aromatic heterocycles. The highest BCUT2D eigenvalue weighted by Gasteiger charge is 2.28. The summed E-state index contributed by atoms with van der Waals surface area (Å²) < 4.78 is 0.917. The highest BCUT2D eigenvalue weighted by Crippen LogP contribution is 2.26. The largest absolute Gasteiger partial charge is 0.280 e. The maximum atomic E-state index is 12.6. The van der Waals surface area contributed by atoms with Crippen molar-refractivity contribution in [2.45, 2.75) is 6.92 Å². The van der Waals surface area contributed by atoms with Crippen molar-refractivity contribution < 1.29 is 9.72 Å². The SMILES string of the molecule is CC1=NN(c2ccc(Br)cc2)C(=O)C1=Cc1ccc([N+](=O)[O-])cc1. The van der Waals surface area contributed by atoms with Gasteiger partial charge in [0.15, 0.2) is 0 Å². The van der Waals surface area contributed by atoms with Crippen molar-refractivity contribution in [2.24, 2.45) is 5.10 Å². The van der Waals surface area contributed by atoms with Crippen molar-refractivity contribution >= 4 is 45.0 Å². The van der Waals surface area contributed by atoms with Crippen LogP contribution in [0.15, 0.2) is 63.7 Å². The molecule has 2 aromatic rings. The smallest absolute Gasteiger partial charge is 0.267 e. The van der Waals surface area contributed by atoms with Crippen LogP contribution in [0.25, 0.3) is 6.08 Å². The Bertz CT molecular complexity index is 871. The molecule has 0 N–H and O–H groups in total. The molecule has 3 rings (SSSR count). The number of hydrogen-bond acceptors (Lipinski definition) is 4. The second kappa shape index (κ2) is 6.37. The van der Waals surface area contributed by atoms with E-state index in [1.807, 2.05) is 12.1 Å². The van der Waals surface area contributed by atoms with E-state index in [2.05, 4.69) is 21.0 Å². The predicted octanol–water partition coefficient (Wildman–Crippen LogP) is 4.16. The highest BCUT2D eigenvalue weighted by atomic mass is 79.9. The van der Waals surface area contributed by atoms with Gasteiger partial charge in [-0.15, -0.1) is 0 Å². The Hall–Kier alpha value is -2.80. The number of hydrazone groups is 1. The molecular formula is C17H12BrN3O3. The van der Waals surface area contributed by atoms with E-state index < -0.39 is 4.92 Å². The molecule has 120 valence electrons. The number of carbonyl (C=O) groups excluding carboxylic acids is 1. The third kappa shape index (κ3) is 3.11. The van der Waals surface area contributed by atoms with Crippen LogP contribution in [0.4, 0.5) is 11.4 Å². The lowest BCUT2D eigenvalue weighted by molar-refractivity contribution is -0.384. The van der Waals surface area contributed by atoms with Crippen molar-refractivity contribution in [2.75, 3.05) is 5.01 Å². The van der Waals surface area contributed by atoms with Gasteiger partial charge in [0.1, 0.15) is 0 Å². The molecule has 0 atom stereocenters. The fourth-order valence-electron chi connectivity index (χ4n) is 2.30. The van der Waals surface area contributed by atoms with Gasteiger partial charge in [0.2, 0.25) is 0 Å². The molecule has 0 radical (unpaired) electrons. The number of benzene rings is 2. The minimum atomic E-state index is -0.459. The van der Waals surface area contributed by atoms with E-state index in [1.54, 1.807) is 37.3 Å². The van der Waals surface area contributed by atoms with Crippen molar-refractivity contribution in [3.05, 3.63) is 74.3 Å². The van der Waals surface area contributed by atoms with Crippen molar-refractivity contribution in [1.82, 2.24) is 0 Å². The molecule has 0 saturated carbocycles. The second-order valence-electron chi connectivity index (χ2n) is 5.19. The summed E-state index contributed by atoms with van der Waals surface area (Å²) in [4.78, 5) is 22.8. The molecule has 0 saturated heterocycles. The predicted molar refractivity (Wildman–Crippen MR) is 95.8 cm³/mol. The Balaban J connectivity index is 1.89. The standard InChI is InChI=1S/C17H12BrN3O3/c1-11-16(10-12-2-6-15(7-3-12)21(23)24)17(22)20(19-11)14-8-4-13(18)5-9-14/h2-10H,1H3. The summed E-state index contributed by atoms with van der Waals surface area (Å²) in [6.45, 7) is 1.76. The van der Waals surface area contributed by atoms with Gasteiger partial charge in [0, 0.05) is 16.6 Å². The molecule has 0 spiro atoms. The lowest BCUT2D eigenvalue weighted by atomic mass is 10.1. The minimum absolute atomic E-state index is 0.0109. The summed E-state index contributed by atoms with van der Waals surface area (Å²) in [5.41, 5.74) is 2.45. The molecule has 0 fully saturated rings. The zero-order chi connectivity index (χ0) is 17.3. The molecule has 0 bridgehead atoms. The number of amides is 1. The van der Waals surface area contributed by atoms with E-state index in [-0.39, 0.29) is 11.6 Å². The van der Waals surface area contributed by atoms with Crippen LogP contribution in [0.2, 0.25) is 0 Å². The van der Waals surface area contributed by atoms with E-state index in [1.165, 1.54) is 17.1 Å². The van der Waals surface area contributed by atoms with E-state index >= 15 is 0 Å². The van der Waals surface area contributed by atoms with E-state index in [0.29, 0.717) is 22.5 Å². The number of anilines is 1. The fourth-order valence-corrected chi connectivity index (χ4v) is 2.56. The van der Waals surface area contributed by atoms with Crippen molar-refractivity contribution in [3.63, 3.8) is 0 Å². The average Bonchev–Trinajstić information content (AvgIpc) is 2.84. The molecule has 1 aliphatic heterocycles. The van der Waals surface area contributed by atoms with Crippen LogP contribution in [-0.2, 0) is 4.79 Å². The van der Waals surface area contributed by atoms with Crippen LogP contribution in [0, 0.1) is 10.1 Å². The first-order chi connectivity index (χ1) is 11.5. The van der Waals surface area contributed by atoms with E-state index in [9.17, 15) is 14.9 Å². The molecule has 0 unspecified atom stereocenters. The normalized spacial score (nSPS) is 15.8. The average molecular weight is 386 g/mol. The Morgan fingerprint density at radius 3 is 2.33 bits per heavy atom. The number of rotatable bonds is 3. The lowest BCUT2D eigenvalue weighted by Gasteiger charge is -2.11. The summed E-state index contributed by atoms with van der Waals surface area (Å²) in [6.07, 6.45) is 1.68. The maximum Gasteiger partial charge on any atom is 0.280 e. The summed E-state index contributed by atoms with van der Waals surface area (Å²) in [7, 11) is 0. The van der Waals surface area contributed by atoms with Crippen LogP contribution in [0.1, 0.15) is 12.5 Å². The number of nitrogens with zero attached hydrogens (tertiary/aromatic N) is 3. The highest BCUT2D eigenvalue weighted by molar-refractivity contribution is 9.10. The molecule has 6 nitrogen and oxygen atoms in total. The zero-order valence-corrected chi connectivity index (χ0v) is 14.2. The van der Waals surface area contributed by atoms with Crippen molar-refractivity contribution in [3.8, 4) is 0 Å². The number of nitro benzene ring substituents is 1. The van der Waals surface area contributed by atoms with Crippen LogP contribution < -0.4 is 5.01 Å². The number of hydrogen-bond donors (Lipinski definition) is 0. The second-order valence-corrected chi connectivity index (χ2v) is 6.10. The Morgan fingerprint density at radius 1 is 1.12 bits per heavy atom. The minimum Gasteiger partial charge on any atom is -0.267 e. The quantitative estimate of drug-likeness (QED) is 0.452. The molecule has 24 heavy (non-hydrogen) atoms. The first-order valence-corrected chi connectivity index (χ1v) is 7.87. The third-order valence-electron chi connectivity index (χ3n) is 3.55. The zero-order valence-electron chi connectivity index (χ0n) is 12.6. The van der Waals surface area contributed by atoms with Crippen LogP contribution in [-0.4, -0.2) is 16.5 Å². The van der Waals surface area contributed by atoms with Gasteiger partial charge in [-0.2, -0.15) is 10.1 Å². The van der Waals surface area contributed by atoms with Gasteiger partial charge in [0.25, 0.3) is 11.6 Å². The molecule has 1 amide bonds. The summed E-state index contributed by atoms with van der Waals surface area (Å²) in [6, 6.07) is 13.3. The topological polar surface area (TPSA) is 75.8 Å². The number of halogens is 1. The molecule has 7 heteroatoms. The summed E-state index contributed by atoms with van der Waals surface area (Å²) >= 11 is 3.35. The molecule has 2 aromatic carbocycles. The van der Waals surface area contributed by atoms with Gasteiger partial charge in [-0.05, 0) is 55.0 Å². The van der Waals surface area contributed by atoms with E-state index in [4.69, 9.17) is 0 Å². The first kappa shape index (κ1) is 16.1. The summed E-state index contributed by atoms with van der Waals surface area (Å²) in [5.74, 6) is -0.229. The monoisotopic (exact) mass is 385 g/mol. The van der Waals surface area contributed by atoms with Crippen LogP contribution in [0.5, 0.6) is 0 Å². The van der Waals surface area contributed by atoms with Gasteiger partial charge in [-0.25, -0.2) is 0 Å². The third-order valence-corrected chi connectivity index (χ3v) is 4.08. The molecule has 0 aliphatic carbocycles. The number of nitro groups is 1. The number of carbonyl (C=O) groups is 1. The molecule has 1 aliphatic rings. The lowest BCUT2D eigenvalue weighted by Crippen LogP contribution is -2.21. The van der Waals surface area contributed by atoms with Gasteiger partial charge >= 0.3 is 0 Å². The van der Waals surface area contributed by atoms with E-state index in [0.717, 1.165) is 4.47 Å². The maximum absolute atomic E-state index is 12.6. The van der Waals surface area contributed by atoms with Gasteiger partial charge in [0.05, 0.1) is 21.9 Å². The Labute approximate surface area is 146 Å². The van der Waals surface area contributed by atoms with Crippen molar-refractivity contribution in [1.29, 1.82) is 0 Å². The van der Waals surface area contributed by atoms with Crippen LogP contribution >= 0.6 is 15.9 Å². The molecular weight excluding hydrogens is 374 g/mol. The van der Waals surface area contributed by atoms with Gasteiger partial charge < -0.3 is 0 Å². The van der Waals surface area contributed by atoms with Gasteiger partial charge in [-0.3, -0.25) is 14.9 Å². The number of non-ortho nitro benzene ring substituents is 1. The van der Waals surface area contributed by atoms with Crippen LogP contribution in [0.3, 0.4) is 0 Å². The molecule has 1 heterocycles. The Kier molecular flexibility index (Phi) is 4.26.